The van der Waals surface area contributed by atoms with E-state index in [0.717, 1.165) is 5.56 Å². The number of rotatable bonds is 5. The molecule has 0 fully saturated rings. The Labute approximate surface area is 138 Å². The second kappa shape index (κ2) is 7.49. The van der Waals surface area contributed by atoms with Gasteiger partial charge in [0.05, 0.1) is 0 Å². The molecule has 2 aromatic rings. The van der Waals surface area contributed by atoms with Crippen LogP contribution in [-0.2, 0) is 22.6 Å². The zero-order valence-electron chi connectivity index (χ0n) is 11.6. The summed E-state index contributed by atoms with van der Waals surface area (Å²) < 4.78 is 5.17. The molecule has 6 heteroatoms. The fourth-order valence-corrected chi connectivity index (χ4v) is 2.40. The summed E-state index contributed by atoms with van der Waals surface area (Å²) >= 11 is 12.0. The van der Waals surface area contributed by atoms with Gasteiger partial charge in [-0.3, -0.25) is 4.79 Å². The van der Waals surface area contributed by atoms with Crippen molar-refractivity contribution in [2.45, 2.75) is 19.1 Å². The van der Waals surface area contributed by atoms with E-state index in [1.54, 1.807) is 30.3 Å². The van der Waals surface area contributed by atoms with E-state index in [-0.39, 0.29) is 12.4 Å². The molecule has 0 heterocycles. The van der Waals surface area contributed by atoms with Crippen LogP contribution in [0.3, 0.4) is 0 Å². The lowest BCUT2D eigenvalue weighted by Gasteiger charge is -2.13. The minimum Gasteiger partial charge on any atom is -0.508 e. The molecule has 0 spiro atoms. The molecule has 0 radical (unpaired) electrons. The third kappa shape index (κ3) is 4.37. The van der Waals surface area contributed by atoms with Crippen LogP contribution < -0.4 is 5.73 Å². The van der Waals surface area contributed by atoms with Gasteiger partial charge in [0, 0.05) is 15.6 Å². The summed E-state index contributed by atoms with van der Waals surface area (Å²) in [4.78, 5) is 11.9. The number of phenolic OH excluding ortho intramolecular Hbond substituents is 1. The van der Waals surface area contributed by atoms with Crippen molar-refractivity contribution in [1.29, 1.82) is 0 Å². The van der Waals surface area contributed by atoms with Crippen molar-refractivity contribution in [1.82, 2.24) is 0 Å². The van der Waals surface area contributed by atoms with Crippen molar-refractivity contribution in [3.05, 3.63) is 63.6 Å². The first-order valence-electron chi connectivity index (χ1n) is 6.60. The van der Waals surface area contributed by atoms with Gasteiger partial charge < -0.3 is 15.6 Å². The Morgan fingerprint density at radius 3 is 2.32 bits per heavy atom. The summed E-state index contributed by atoms with van der Waals surface area (Å²) in [5.41, 5.74) is 7.21. The normalized spacial score (nSPS) is 12.0. The Kier molecular flexibility index (Phi) is 5.66. The summed E-state index contributed by atoms with van der Waals surface area (Å²) in [6.07, 6.45) is 0.315. The van der Waals surface area contributed by atoms with Crippen LogP contribution in [0.15, 0.2) is 42.5 Å². The highest BCUT2D eigenvalue weighted by molar-refractivity contribution is 6.35. The second-order valence-corrected chi connectivity index (χ2v) is 5.60. The Morgan fingerprint density at radius 2 is 1.73 bits per heavy atom. The highest BCUT2D eigenvalue weighted by Crippen LogP contribution is 2.25. The predicted molar refractivity (Wildman–Crippen MR) is 86.0 cm³/mol. The number of ether oxygens (including phenoxy) is 1. The lowest BCUT2D eigenvalue weighted by molar-refractivity contribution is -0.146. The smallest absolute Gasteiger partial charge is 0.323 e. The first-order valence-corrected chi connectivity index (χ1v) is 7.36. The van der Waals surface area contributed by atoms with Crippen molar-refractivity contribution < 1.29 is 14.6 Å². The van der Waals surface area contributed by atoms with Gasteiger partial charge >= 0.3 is 5.97 Å². The minimum absolute atomic E-state index is 0.0272. The van der Waals surface area contributed by atoms with Crippen molar-refractivity contribution >= 4 is 29.2 Å². The highest BCUT2D eigenvalue weighted by Gasteiger charge is 2.17. The number of halogens is 2. The molecule has 0 unspecified atom stereocenters. The molecule has 0 amide bonds. The molecule has 3 N–H and O–H groups in total. The van der Waals surface area contributed by atoms with Crippen molar-refractivity contribution in [2.24, 2.45) is 5.73 Å². The Morgan fingerprint density at radius 1 is 1.14 bits per heavy atom. The lowest BCUT2D eigenvalue weighted by Crippen LogP contribution is -2.34. The summed E-state index contributed by atoms with van der Waals surface area (Å²) in [5, 5.41) is 10.1. The summed E-state index contributed by atoms with van der Waals surface area (Å²) in [6.45, 7) is -0.0272. The lowest BCUT2D eigenvalue weighted by atomic mass is 10.1. The van der Waals surface area contributed by atoms with Crippen LogP contribution in [-0.4, -0.2) is 17.1 Å². The summed E-state index contributed by atoms with van der Waals surface area (Å²) in [5.74, 6) is -0.377. The topological polar surface area (TPSA) is 72.5 Å². The van der Waals surface area contributed by atoms with Gasteiger partial charge in [-0.25, -0.2) is 0 Å². The average molecular weight is 340 g/mol. The third-order valence-corrected chi connectivity index (χ3v) is 3.82. The number of carbonyl (C=O) groups excluding carboxylic acids is 1. The number of aromatic hydroxyl groups is 1. The molecule has 0 aliphatic carbocycles. The number of phenols is 1. The average Bonchev–Trinajstić information content (AvgIpc) is 2.48. The van der Waals surface area contributed by atoms with Crippen molar-refractivity contribution in [3.8, 4) is 5.75 Å². The number of nitrogens with two attached hydrogens (primary N) is 1. The van der Waals surface area contributed by atoms with E-state index in [4.69, 9.17) is 33.7 Å². The molecular weight excluding hydrogens is 325 g/mol. The van der Waals surface area contributed by atoms with E-state index in [1.807, 2.05) is 0 Å². The maximum absolute atomic E-state index is 11.9. The Hall–Kier alpha value is -1.75. The number of hydrogen-bond donors (Lipinski definition) is 2. The summed E-state index contributed by atoms with van der Waals surface area (Å²) in [7, 11) is 0. The Balaban J connectivity index is 1.93. The monoisotopic (exact) mass is 339 g/mol. The maximum Gasteiger partial charge on any atom is 0.323 e. The number of hydrogen-bond acceptors (Lipinski definition) is 4. The maximum atomic E-state index is 11.9. The van der Waals surface area contributed by atoms with E-state index in [1.165, 1.54) is 12.1 Å². The van der Waals surface area contributed by atoms with Crippen LogP contribution >= 0.6 is 23.2 Å². The quantitative estimate of drug-likeness (QED) is 0.819. The SMILES string of the molecule is N[C@@H](Cc1ccc(O)cc1)C(=O)OCc1c(Cl)cccc1Cl. The molecule has 0 aromatic heterocycles. The summed E-state index contributed by atoms with van der Waals surface area (Å²) in [6, 6.07) is 10.7. The molecule has 0 saturated carbocycles. The van der Waals surface area contributed by atoms with Gasteiger partial charge in [-0.05, 0) is 36.2 Å². The molecule has 0 aliphatic heterocycles. The molecule has 116 valence electrons. The van der Waals surface area contributed by atoms with Crippen LogP contribution in [0.2, 0.25) is 10.0 Å². The fourth-order valence-electron chi connectivity index (χ4n) is 1.89. The molecule has 2 rings (SSSR count). The molecule has 0 aliphatic rings. The molecule has 1 atom stereocenters. The van der Waals surface area contributed by atoms with Gasteiger partial charge in [0.25, 0.3) is 0 Å². The standard InChI is InChI=1S/C16H15Cl2NO3/c17-13-2-1-3-14(18)12(13)9-22-16(21)15(19)8-10-4-6-11(20)7-5-10/h1-7,15,20H,8-9,19H2/t15-/m0/s1. The van der Waals surface area contributed by atoms with Gasteiger partial charge in [-0.15, -0.1) is 0 Å². The van der Waals surface area contributed by atoms with Gasteiger partial charge in [0.1, 0.15) is 18.4 Å². The minimum atomic E-state index is -0.800. The highest BCUT2D eigenvalue weighted by atomic mass is 35.5. The number of benzene rings is 2. The fraction of sp³-hybridized carbons (Fsp3) is 0.188. The first-order chi connectivity index (χ1) is 10.5. The van der Waals surface area contributed by atoms with E-state index in [9.17, 15) is 9.90 Å². The molecular formula is C16H15Cl2NO3. The van der Waals surface area contributed by atoms with Crippen LogP contribution in [0.4, 0.5) is 0 Å². The second-order valence-electron chi connectivity index (χ2n) is 4.78. The first kappa shape index (κ1) is 16.6. The van der Waals surface area contributed by atoms with E-state index in [0.29, 0.717) is 22.0 Å². The van der Waals surface area contributed by atoms with E-state index < -0.39 is 12.0 Å². The van der Waals surface area contributed by atoms with Crippen molar-refractivity contribution in [2.75, 3.05) is 0 Å². The number of carbonyl (C=O) groups is 1. The molecule has 4 nitrogen and oxygen atoms in total. The van der Waals surface area contributed by atoms with Gasteiger partial charge in [-0.1, -0.05) is 41.4 Å². The Bertz CT molecular complexity index is 639. The number of esters is 1. The van der Waals surface area contributed by atoms with Gasteiger partial charge in [0.2, 0.25) is 0 Å². The zero-order valence-corrected chi connectivity index (χ0v) is 13.1. The molecule has 0 saturated heterocycles. The third-order valence-electron chi connectivity index (χ3n) is 3.12. The van der Waals surface area contributed by atoms with E-state index >= 15 is 0 Å². The molecule has 0 bridgehead atoms. The molecule has 2 aromatic carbocycles. The van der Waals surface area contributed by atoms with Crippen molar-refractivity contribution in [3.63, 3.8) is 0 Å². The zero-order chi connectivity index (χ0) is 16.1. The van der Waals surface area contributed by atoms with E-state index in [2.05, 4.69) is 0 Å². The largest absolute Gasteiger partial charge is 0.508 e. The van der Waals surface area contributed by atoms with Gasteiger partial charge in [-0.2, -0.15) is 0 Å². The molecule has 22 heavy (non-hydrogen) atoms. The van der Waals surface area contributed by atoms with Gasteiger partial charge in [0.15, 0.2) is 0 Å². The predicted octanol–water partition coefficient (Wildman–Crippen LogP) is 3.31. The van der Waals surface area contributed by atoms with Crippen LogP contribution in [0.5, 0.6) is 5.75 Å². The van der Waals surface area contributed by atoms with Crippen LogP contribution in [0.25, 0.3) is 0 Å². The van der Waals surface area contributed by atoms with Crippen LogP contribution in [0, 0.1) is 0 Å². The van der Waals surface area contributed by atoms with Crippen LogP contribution in [0.1, 0.15) is 11.1 Å².